The van der Waals surface area contributed by atoms with E-state index in [0.717, 1.165) is 84.5 Å². The number of halogens is 16. The normalized spacial score (nSPS) is 17.0. The van der Waals surface area contributed by atoms with E-state index in [4.69, 9.17) is 8.85 Å². The molecule has 1 aromatic rings. The number of rotatable bonds is 10. The van der Waals surface area contributed by atoms with Crippen molar-refractivity contribution < 1.29 is 70.3 Å². The summed E-state index contributed by atoms with van der Waals surface area (Å²) in [6, 6.07) is 0. The molecular weight excluding hydrogens is 838 g/mol. The highest BCUT2D eigenvalue weighted by atomic mass is 127. The molecule has 1 rings (SSSR count). The zero-order valence-electron chi connectivity index (χ0n) is 20.5. The SMILES string of the molecule is C[Si](C)(C)OC(c1[nH]c(C(O[Si](C)(C)C)C(F)(F)C(F)(F)C(F)(F)F)c(I)c1I)C(F)(F)C(F)(F)C(F)(F)F. The minimum Gasteiger partial charge on any atom is -0.404 e. The molecule has 0 aromatic carbocycles. The van der Waals surface area contributed by atoms with Crippen molar-refractivity contribution in [3.8, 4) is 0 Å². The lowest BCUT2D eigenvalue weighted by Crippen LogP contribution is -2.57. The van der Waals surface area contributed by atoms with Crippen LogP contribution in [0.15, 0.2) is 0 Å². The summed E-state index contributed by atoms with van der Waals surface area (Å²) in [4.78, 5) is 1.67. The number of alkyl halides is 14. The molecule has 0 amide bonds. The van der Waals surface area contributed by atoms with Crippen molar-refractivity contribution in [3.05, 3.63) is 18.5 Å². The van der Waals surface area contributed by atoms with Crippen LogP contribution >= 0.6 is 45.2 Å². The second-order valence-corrected chi connectivity index (χ2v) is 21.3. The monoisotopic (exact) mass is 859 g/mol. The zero-order chi connectivity index (χ0) is 31.6. The standard InChI is InChI=1S/C18H21F14I2NO2Si2/c1-38(2,3)36-11(13(19,20)15(23,24)17(27,28)29)9-7(33)8(34)10(35-9)12(37-39(4,5)6)14(21,22)16(25,26)18(30,31)32/h11-12,35H,1-6H3. The third-order valence-electron chi connectivity index (χ3n) is 4.61. The second-order valence-electron chi connectivity index (χ2n) is 10.2. The number of H-pyrrole nitrogens is 1. The van der Waals surface area contributed by atoms with Crippen LogP contribution in [0.5, 0.6) is 0 Å². The summed E-state index contributed by atoms with van der Waals surface area (Å²) in [6.07, 6.45) is -20.7. The van der Waals surface area contributed by atoms with E-state index in [0.29, 0.717) is 0 Å². The largest absolute Gasteiger partial charge is 0.459 e. The third kappa shape index (κ3) is 7.37. The van der Waals surface area contributed by atoms with E-state index in [2.05, 4.69) is 0 Å². The van der Waals surface area contributed by atoms with Gasteiger partial charge in [0.05, 0.1) is 18.5 Å². The highest BCUT2D eigenvalue weighted by molar-refractivity contribution is 14.1. The maximum absolute atomic E-state index is 14.9. The fourth-order valence-electron chi connectivity index (χ4n) is 2.90. The quantitative estimate of drug-likeness (QED) is 0.145. The predicted molar refractivity (Wildman–Crippen MR) is 132 cm³/mol. The van der Waals surface area contributed by atoms with Crippen LogP contribution in [0, 0.1) is 7.14 Å². The third-order valence-corrected chi connectivity index (χ3v) is 9.77. The lowest BCUT2D eigenvalue weighted by molar-refractivity contribution is -0.371. The number of aromatic nitrogens is 1. The van der Waals surface area contributed by atoms with Crippen molar-refractivity contribution in [3.63, 3.8) is 0 Å². The Kier molecular flexibility index (Phi) is 10.5. The fourth-order valence-corrected chi connectivity index (χ4v) is 6.26. The Morgan fingerprint density at radius 2 is 0.769 bits per heavy atom. The summed E-state index contributed by atoms with van der Waals surface area (Å²) < 4.78 is 202. The van der Waals surface area contributed by atoms with Crippen molar-refractivity contribution in [1.29, 1.82) is 0 Å². The molecule has 21 heteroatoms. The van der Waals surface area contributed by atoms with Gasteiger partial charge in [-0.2, -0.15) is 61.5 Å². The maximum atomic E-state index is 14.9. The van der Waals surface area contributed by atoms with Gasteiger partial charge in [-0.15, -0.1) is 0 Å². The molecular formula is C18H21F14I2NO2Si2. The van der Waals surface area contributed by atoms with E-state index >= 15 is 0 Å². The van der Waals surface area contributed by atoms with Gasteiger partial charge < -0.3 is 13.8 Å². The molecule has 0 fully saturated rings. The van der Waals surface area contributed by atoms with Crippen molar-refractivity contribution in [2.24, 2.45) is 0 Å². The van der Waals surface area contributed by atoms with E-state index in [1.54, 1.807) is 4.98 Å². The molecule has 0 saturated heterocycles. The van der Waals surface area contributed by atoms with Crippen LogP contribution in [-0.2, 0) is 8.85 Å². The molecule has 1 N–H and O–H groups in total. The fraction of sp³-hybridized carbons (Fsp3) is 0.778. The molecule has 0 aliphatic heterocycles. The van der Waals surface area contributed by atoms with Crippen molar-refractivity contribution in [2.45, 2.75) is 87.5 Å². The van der Waals surface area contributed by atoms with Crippen LogP contribution in [0.4, 0.5) is 61.5 Å². The molecule has 1 aromatic heterocycles. The van der Waals surface area contributed by atoms with Gasteiger partial charge in [0.1, 0.15) is 0 Å². The molecule has 230 valence electrons. The number of nitrogens with one attached hydrogen (secondary N) is 1. The second kappa shape index (κ2) is 11.0. The highest BCUT2D eigenvalue weighted by Crippen LogP contribution is 2.57. The van der Waals surface area contributed by atoms with Gasteiger partial charge in [0.25, 0.3) is 0 Å². The van der Waals surface area contributed by atoms with Crippen LogP contribution < -0.4 is 0 Å². The lowest BCUT2D eigenvalue weighted by atomic mass is 10.0. The van der Waals surface area contributed by atoms with E-state index < -0.39 is 83.4 Å². The van der Waals surface area contributed by atoms with Gasteiger partial charge in [-0.3, -0.25) is 0 Å². The summed E-state index contributed by atoms with van der Waals surface area (Å²) in [5, 5.41) is 0. The molecule has 3 nitrogen and oxygen atoms in total. The van der Waals surface area contributed by atoms with Crippen molar-refractivity contribution in [2.75, 3.05) is 0 Å². The van der Waals surface area contributed by atoms with Crippen LogP contribution in [0.2, 0.25) is 39.3 Å². The van der Waals surface area contributed by atoms with Gasteiger partial charge in [-0.1, -0.05) is 0 Å². The summed E-state index contributed by atoms with van der Waals surface area (Å²) in [6.45, 7) is 6.66. The Hall–Kier alpha value is 0.114. The van der Waals surface area contributed by atoms with Gasteiger partial charge in [-0.25, -0.2) is 0 Å². The Bertz CT molecular complexity index is 951. The van der Waals surface area contributed by atoms with Crippen molar-refractivity contribution in [1.82, 2.24) is 4.98 Å². The molecule has 0 aliphatic rings. The first kappa shape index (κ1) is 37.1. The first-order valence-electron chi connectivity index (χ1n) is 10.3. The average Bonchev–Trinajstić information content (AvgIpc) is 2.95. The first-order valence-corrected chi connectivity index (χ1v) is 19.3. The molecule has 0 saturated carbocycles. The van der Waals surface area contributed by atoms with E-state index in [-0.39, 0.29) is 0 Å². The number of hydrogen-bond acceptors (Lipinski definition) is 2. The van der Waals surface area contributed by atoms with Gasteiger partial charge >= 0.3 is 36.0 Å². The molecule has 1 heterocycles. The number of aromatic amines is 1. The molecule has 0 radical (unpaired) electrons. The minimum absolute atomic E-state index is 0.764. The lowest BCUT2D eigenvalue weighted by Gasteiger charge is -2.37. The molecule has 2 atom stereocenters. The van der Waals surface area contributed by atoms with Gasteiger partial charge in [0.15, 0.2) is 28.8 Å². The van der Waals surface area contributed by atoms with E-state index in [9.17, 15) is 61.5 Å². The van der Waals surface area contributed by atoms with Crippen molar-refractivity contribution >= 4 is 61.8 Å². The average molecular weight is 859 g/mol. The minimum atomic E-state index is -6.82. The van der Waals surface area contributed by atoms with Crippen LogP contribution in [-0.4, -0.2) is 57.7 Å². The molecule has 0 aliphatic carbocycles. The topological polar surface area (TPSA) is 34.2 Å². The van der Waals surface area contributed by atoms with Crippen LogP contribution in [0.3, 0.4) is 0 Å². The molecule has 0 spiro atoms. The van der Waals surface area contributed by atoms with E-state index in [1.807, 2.05) is 0 Å². The predicted octanol–water partition coefficient (Wildman–Crippen LogP) is 9.67. The smallest absolute Gasteiger partial charge is 0.404 e. The Morgan fingerprint density at radius 3 is 0.949 bits per heavy atom. The summed E-state index contributed by atoms with van der Waals surface area (Å²) in [5.41, 5.74) is -2.75. The van der Waals surface area contributed by atoms with Gasteiger partial charge in [0.2, 0.25) is 0 Å². The first-order chi connectivity index (χ1) is 16.7. The van der Waals surface area contributed by atoms with Crippen LogP contribution in [0.1, 0.15) is 23.6 Å². The Balaban J connectivity index is 4.07. The maximum Gasteiger partial charge on any atom is 0.459 e. The molecule has 39 heavy (non-hydrogen) atoms. The molecule has 0 bridgehead atoms. The molecule has 2 unspecified atom stereocenters. The summed E-state index contributed by atoms with van der Waals surface area (Å²) >= 11 is 2.11. The van der Waals surface area contributed by atoms with E-state index in [1.165, 1.54) is 0 Å². The summed E-state index contributed by atoms with van der Waals surface area (Å²) in [7, 11) is -6.97. The van der Waals surface area contributed by atoms with Gasteiger partial charge in [0, 0.05) is 0 Å². The Morgan fingerprint density at radius 1 is 0.538 bits per heavy atom. The van der Waals surface area contributed by atoms with Crippen LogP contribution in [0.25, 0.3) is 0 Å². The number of hydrogen-bond donors (Lipinski definition) is 1. The Labute approximate surface area is 242 Å². The zero-order valence-corrected chi connectivity index (χ0v) is 26.8. The van der Waals surface area contributed by atoms with Gasteiger partial charge in [-0.05, 0) is 84.5 Å². The summed E-state index contributed by atoms with van der Waals surface area (Å²) in [5.74, 6) is -25.7. The highest BCUT2D eigenvalue weighted by Gasteiger charge is 2.78.